The number of halogens is 18. The van der Waals surface area contributed by atoms with Crippen molar-refractivity contribution in [3.8, 4) is 0 Å². The van der Waals surface area contributed by atoms with Gasteiger partial charge < -0.3 is 0 Å². The Hall–Kier alpha value is -3.96. The van der Waals surface area contributed by atoms with Crippen LogP contribution in [0.15, 0.2) is 60.2 Å². The van der Waals surface area contributed by atoms with Crippen LogP contribution in [-0.4, -0.2) is 56.0 Å². The summed E-state index contributed by atoms with van der Waals surface area (Å²) in [6, 6.07) is 0. The van der Waals surface area contributed by atoms with Crippen LogP contribution in [0.2, 0.25) is 0 Å². The second-order valence-electron chi connectivity index (χ2n) is 29.5. The molecule has 0 spiro atoms. The number of rotatable bonds is 8. The highest BCUT2D eigenvalue weighted by Crippen LogP contribution is 2.95. The molecular weight excluding hydrogens is 1190 g/mol. The summed E-state index contributed by atoms with van der Waals surface area (Å²) in [6.45, 7) is 0. The second kappa shape index (κ2) is 14.1. The fraction of sp³-hybridized carbons (Fsp3) is 0.705. The van der Waals surface area contributed by atoms with Crippen molar-refractivity contribution in [3.63, 3.8) is 0 Å². The Balaban J connectivity index is 0.860. The first kappa shape index (κ1) is 50.9. The highest BCUT2D eigenvalue weighted by atomic mass is 32.1. The van der Waals surface area contributed by atoms with Gasteiger partial charge in [-0.2, -0.15) is 79.0 Å². The smallest absolute Gasteiger partial charge is 0.252 e. The molecule has 4 aromatic rings. The van der Waals surface area contributed by atoms with Crippen LogP contribution in [0, 0.1) is 178 Å². The van der Waals surface area contributed by atoms with Crippen LogP contribution in [0.1, 0.15) is 45.2 Å². The maximum atomic E-state index is 17.1. The fourth-order valence-electron chi connectivity index (χ4n) is 28.2. The zero-order chi connectivity index (χ0) is 58.3. The monoisotopic (exact) mass is 1240 g/mol. The molecule has 448 valence electrons. The van der Waals surface area contributed by atoms with Gasteiger partial charge in [-0.25, -0.2) is 0 Å². The van der Waals surface area contributed by atoms with E-state index in [0.717, 1.165) is 37.6 Å². The molecule has 0 bridgehead atoms. The largest absolute Gasteiger partial charge is 0.460 e. The molecule has 0 aromatic carbocycles. The molecule has 30 atom stereocenters. The molecule has 4 heterocycles. The van der Waals surface area contributed by atoms with E-state index in [9.17, 15) is 26.3 Å². The molecule has 0 radical (unpaired) electrons. The van der Waals surface area contributed by atoms with Gasteiger partial charge in [-0.05, 0) is 203 Å². The molecule has 17 aliphatic carbocycles. The Labute approximate surface area is 478 Å². The number of fused-ring (bicyclic) bond motifs is 10. The second-order valence-corrected chi connectivity index (χ2v) is 31.6. The molecule has 13 saturated carbocycles. The van der Waals surface area contributed by atoms with Crippen LogP contribution in [0.4, 0.5) is 79.0 Å². The summed E-state index contributed by atoms with van der Waals surface area (Å²) in [7, 11) is 0. The van der Waals surface area contributed by atoms with Gasteiger partial charge in [-0.15, -0.1) is 22.7 Å². The molecule has 30 unspecified atom stereocenters. The van der Waals surface area contributed by atoms with Crippen LogP contribution in [0.5, 0.6) is 0 Å². The third-order valence-electron chi connectivity index (χ3n) is 28.7. The third-order valence-corrected chi connectivity index (χ3v) is 31.5. The van der Waals surface area contributed by atoms with E-state index in [1.807, 2.05) is 0 Å². The van der Waals surface area contributed by atoms with Crippen molar-refractivity contribution in [2.75, 3.05) is 0 Å². The van der Waals surface area contributed by atoms with E-state index in [1.165, 1.54) is 6.42 Å². The highest BCUT2D eigenvalue weighted by Gasteiger charge is 2.93. The number of aromatic nitrogens is 4. The Bertz CT molecular complexity index is 3770. The van der Waals surface area contributed by atoms with Crippen LogP contribution >= 0.6 is 22.7 Å². The van der Waals surface area contributed by atoms with Crippen LogP contribution in [0.25, 0.3) is 22.1 Å². The van der Waals surface area contributed by atoms with Gasteiger partial charge in [0.25, 0.3) is 0 Å². The lowest BCUT2D eigenvalue weighted by Crippen LogP contribution is -2.59. The minimum Gasteiger partial charge on any atom is -0.252 e. The normalized spacial score (nSPS) is 49.8. The quantitative estimate of drug-likeness (QED) is 0.130. The maximum absolute atomic E-state index is 17.1. The molecule has 0 saturated heterocycles. The van der Waals surface area contributed by atoms with Crippen molar-refractivity contribution in [1.82, 2.24) is 19.9 Å². The topological polar surface area (TPSA) is 51.6 Å². The molecule has 13 fully saturated rings. The lowest BCUT2D eigenvalue weighted by molar-refractivity contribution is -0.398. The maximum Gasteiger partial charge on any atom is 0.460 e. The first-order valence-electron chi connectivity index (χ1n) is 30.1. The van der Waals surface area contributed by atoms with Crippen molar-refractivity contribution in [3.05, 3.63) is 79.7 Å². The zero-order valence-corrected chi connectivity index (χ0v) is 45.3. The number of nitrogens with zero attached hydrogens (tertiary/aromatic N) is 4. The fourth-order valence-corrected chi connectivity index (χ4v) is 31.3. The van der Waals surface area contributed by atoms with Gasteiger partial charge in [0, 0.05) is 34.5 Å². The van der Waals surface area contributed by atoms with Gasteiger partial charge in [0.1, 0.15) is 31.8 Å². The molecule has 24 heteroatoms. The number of hydrogen-bond donors (Lipinski definition) is 0. The van der Waals surface area contributed by atoms with E-state index in [2.05, 4.69) is 44.2 Å². The highest BCUT2D eigenvalue weighted by molar-refractivity contribution is 7.16. The summed E-state index contributed by atoms with van der Waals surface area (Å²) in [4.78, 5) is 11.4. The lowest BCUT2D eigenvalue weighted by atomic mass is 9.43. The van der Waals surface area contributed by atoms with Crippen molar-refractivity contribution in [1.29, 1.82) is 0 Å². The minimum atomic E-state index is -7.37. The number of thiophene rings is 2. The summed E-state index contributed by atoms with van der Waals surface area (Å²) in [6.07, 6.45) is 2.42. The van der Waals surface area contributed by atoms with E-state index in [-0.39, 0.29) is 99.6 Å². The SMILES string of the molecule is FC(F)(F)C(F)(F)C(F)(F)C(F)(F)c1sc(C2(c3sc(C(F)(F)C(F)(F)C(F)(F)C(F)(F)F)c4nccnc34)C3C4C5C=CC6C7C=CC8C9CCC%10C%11CCC%12C%13C%11C%11C%10C9C9C%10C%14=C(C7C89)C6C5C5C%14C(C%10%11)C%13C(C54)C%12C32)c2nccnc12. The number of allylic oxidation sites excluding steroid dienone is 6. The van der Waals surface area contributed by atoms with Crippen molar-refractivity contribution >= 4 is 44.7 Å². The Morgan fingerprint density at radius 3 is 1.20 bits per heavy atom. The van der Waals surface area contributed by atoms with Crippen molar-refractivity contribution in [2.45, 2.75) is 79.0 Å². The van der Waals surface area contributed by atoms with E-state index < -0.39 is 119 Å². The summed E-state index contributed by atoms with van der Waals surface area (Å²) < 4.78 is 277. The number of hydrogen-bond acceptors (Lipinski definition) is 6. The summed E-state index contributed by atoms with van der Waals surface area (Å²) in [5, 5.41) is 0. The molecule has 0 aliphatic heterocycles. The molecule has 4 aromatic heterocycles. The average molecular weight is 1240 g/mol. The average Bonchev–Trinajstić information content (AvgIpc) is 1.43. The Morgan fingerprint density at radius 1 is 0.329 bits per heavy atom. The molecule has 0 amide bonds. The summed E-state index contributed by atoms with van der Waals surface area (Å²) >= 11 is -0.591. The van der Waals surface area contributed by atoms with E-state index in [4.69, 9.17) is 0 Å². The van der Waals surface area contributed by atoms with Crippen molar-refractivity contribution in [2.24, 2.45) is 178 Å². The van der Waals surface area contributed by atoms with Gasteiger partial charge >= 0.3 is 47.9 Å². The predicted octanol–water partition coefficient (Wildman–Crippen LogP) is 15.5. The first-order chi connectivity index (χ1) is 40.1. The Kier molecular flexibility index (Phi) is 8.46. The van der Waals surface area contributed by atoms with Gasteiger partial charge in [0.05, 0.1) is 5.41 Å². The van der Waals surface area contributed by atoms with Crippen LogP contribution in [0.3, 0.4) is 0 Å². The summed E-state index contributed by atoms with van der Waals surface area (Å²) in [5.74, 6) is -38.1. The van der Waals surface area contributed by atoms with E-state index >= 15 is 52.7 Å². The van der Waals surface area contributed by atoms with Crippen LogP contribution < -0.4 is 0 Å². The van der Waals surface area contributed by atoms with E-state index in [1.54, 1.807) is 11.1 Å². The van der Waals surface area contributed by atoms with Gasteiger partial charge in [-0.1, -0.05) is 35.5 Å². The third kappa shape index (κ3) is 4.70. The zero-order valence-electron chi connectivity index (χ0n) is 43.7. The lowest BCUT2D eigenvalue weighted by Gasteiger charge is -2.61. The van der Waals surface area contributed by atoms with E-state index in [0.29, 0.717) is 83.4 Å². The van der Waals surface area contributed by atoms with Gasteiger partial charge in [-0.3, -0.25) is 19.9 Å². The molecule has 4 nitrogen and oxygen atoms in total. The summed E-state index contributed by atoms with van der Waals surface area (Å²) in [5.41, 5.74) is -2.72. The standard InChI is InChI=1S/C61H46F18N4S2/c62-54(63,56(66,67)58(70,71)60(74,75)76)51-47-45(80-9-11-82-47)49(84-51)53(50-46-48(83-12-10-81-46)52(85-50)55(64,65)57(68,69)59(72,73)61(77,78)79)43-29-19-7-5-17-15-3-1-13-14-2-4-16-18-6-8-20-28-26(18)33-24(16)22(14)31-21(13)23(15)32-25(17)27(19)34-36(29)37(30(20)44(43)53)35(28)42-40(33)38(31)39(32)41(34)42/h1,3,5,7,9-31,33-38,40-44H,2,4,6,8H2. The molecular formula is C61H46F18N4S2. The Morgan fingerprint density at radius 2 is 0.682 bits per heavy atom. The molecule has 85 heavy (non-hydrogen) atoms. The van der Waals surface area contributed by atoms with Gasteiger partial charge in [0.2, 0.25) is 0 Å². The molecule has 17 aliphatic rings. The van der Waals surface area contributed by atoms with Crippen molar-refractivity contribution < 1.29 is 79.0 Å². The molecule has 0 N–H and O–H groups in total. The first-order valence-corrected chi connectivity index (χ1v) is 31.7. The molecule has 21 rings (SSSR count). The minimum absolute atomic E-state index is 0.00814. The van der Waals surface area contributed by atoms with Crippen LogP contribution in [-0.2, 0) is 17.3 Å². The van der Waals surface area contributed by atoms with Gasteiger partial charge in [0.15, 0.2) is 0 Å². The predicted molar refractivity (Wildman–Crippen MR) is 264 cm³/mol. The number of alkyl halides is 18.